The molecule has 16 nitrogen and oxygen atoms in total. The normalized spacial score (nSPS) is 10.1. The van der Waals surface area contributed by atoms with Crippen molar-refractivity contribution in [3.63, 3.8) is 0 Å². The molecule has 0 aliphatic carbocycles. The number of hydrogen-bond donors (Lipinski definition) is 0. The van der Waals surface area contributed by atoms with Crippen molar-refractivity contribution >= 4 is 35.8 Å². The molecular weight excluding hydrogens is 616 g/mol. The van der Waals surface area contributed by atoms with Crippen LogP contribution >= 0.6 is 0 Å². The van der Waals surface area contributed by atoms with E-state index in [1.165, 1.54) is 36.4 Å². The largest absolute Gasteiger partial charge is 0.453 e. The van der Waals surface area contributed by atoms with Gasteiger partial charge < -0.3 is 37.9 Å². The van der Waals surface area contributed by atoms with Gasteiger partial charge in [-0.3, -0.25) is 19.2 Å². The van der Waals surface area contributed by atoms with E-state index in [4.69, 9.17) is 47.7 Å². The molecule has 0 bridgehead atoms. The summed E-state index contributed by atoms with van der Waals surface area (Å²) in [5.41, 5.74) is -0.644. The van der Waals surface area contributed by atoms with Gasteiger partial charge in [0, 0.05) is 25.7 Å². The first-order valence-corrected chi connectivity index (χ1v) is 14.0. The molecule has 2 aromatic rings. The van der Waals surface area contributed by atoms with Crippen LogP contribution < -0.4 is 18.9 Å². The zero-order valence-electron chi connectivity index (χ0n) is 25.7. The predicted octanol–water partition coefficient (Wildman–Crippen LogP) is 3.77. The third kappa shape index (κ3) is 11.9. The Morgan fingerprint density at radius 3 is 1.07 bits per heavy atom. The van der Waals surface area contributed by atoms with Gasteiger partial charge in [0.25, 0.3) is 0 Å². The molecule has 46 heavy (non-hydrogen) atoms. The van der Waals surface area contributed by atoms with Gasteiger partial charge in [-0.25, -0.2) is 19.4 Å². The lowest BCUT2D eigenvalue weighted by atomic mass is 10.2. The van der Waals surface area contributed by atoms with Crippen molar-refractivity contribution in [3.8, 4) is 23.0 Å². The number of para-hydroxylation sites is 2. The molecule has 0 amide bonds. The predicted molar refractivity (Wildman–Crippen MR) is 151 cm³/mol. The third-order valence-corrected chi connectivity index (χ3v) is 5.46. The number of rotatable bonds is 18. The summed E-state index contributed by atoms with van der Waals surface area (Å²) < 4.78 is 41.3. The maximum Gasteiger partial charge on any atom is 0.390 e. The first kappa shape index (κ1) is 36.7. The molecule has 2 rings (SSSR count). The Bertz CT molecular complexity index is 1270. The third-order valence-electron chi connectivity index (χ3n) is 5.46. The van der Waals surface area contributed by atoms with Crippen LogP contribution in [0.5, 0.6) is 23.0 Å². The molecule has 0 saturated carbocycles. The van der Waals surface area contributed by atoms with Crippen LogP contribution in [0.25, 0.3) is 0 Å². The highest BCUT2D eigenvalue weighted by atomic mass is 17.2. The Hall–Kier alpha value is -5.54. The summed E-state index contributed by atoms with van der Waals surface area (Å²) in [6, 6.07) is 7.96. The Morgan fingerprint density at radius 2 is 0.761 bits per heavy atom. The van der Waals surface area contributed by atoms with Gasteiger partial charge in [0.1, 0.15) is 11.1 Å². The molecule has 2 aromatic carbocycles. The smallest absolute Gasteiger partial charge is 0.390 e. The van der Waals surface area contributed by atoms with Gasteiger partial charge in [-0.2, -0.15) is 0 Å². The minimum Gasteiger partial charge on any atom is -0.453 e. The number of hydrogen-bond acceptors (Lipinski definition) is 16. The molecule has 0 N–H and O–H groups in total. The van der Waals surface area contributed by atoms with E-state index in [1.807, 2.05) is 0 Å². The van der Waals surface area contributed by atoms with Crippen molar-refractivity contribution in [2.75, 3.05) is 27.2 Å². The van der Waals surface area contributed by atoms with Crippen molar-refractivity contribution < 1.29 is 76.4 Å². The molecule has 0 spiro atoms. The molecule has 0 atom stereocenters. The molecule has 0 aromatic heterocycles. The van der Waals surface area contributed by atoms with E-state index in [0.29, 0.717) is 0 Å². The summed E-state index contributed by atoms with van der Waals surface area (Å²) in [5, 5.41) is 0. The highest BCUT2D eigenvalue weighted by Crippen LogP contribution is 2.34. The van der Waals surface area contributed by atoms with Crippen LogP contribution in [0.1, 0.15) is 74.1 Å². The first-order valence-electron chi connectivity index (χ1n) is 14.0. The number of benzene rings is 2. The fraction of sp³-hybridized carbons (Fsp3) is 0.400. The maximum atomic E-state index is 13.0. The highest BCUT2D eigenvalue weighted by Gasteiger charge is 2.25. The summed E-state index contributed by atoms with van der Waals surface area (Å²) in [5.74, 6) is -5.51. The van der Waals surface area contributed by atoms with E-state index in [9.17, 15) is 28.8 Å². The number of carbonyl (C=O) groups is 6. The monoisotopic (exact) mass is 650 g/mol. The van der Waals surface area contributed by atoms with Crippen LogP contribution in [0.15, 0.2) is 36.4 Å². The Morgan fingerprint density at radius 1 is 0.457 bits per heavy atom. The van der Waals surface area contributed by atoms with Crippen LogP contribution in [0, 0.1) is 0 Å². The number of carbonyl (C=O) groups excluding carboxylic acids is 6. The van der Waals surface area contributed by atoms with E-state index >= 15 is 0 Å². The maximum absolute atomic E-state index is 13.0. The second kappa shape index (κ2) is 19.7. The Labute approximate surface area is 263 Å². The number of ether oxygens (including phenoxy) is 8. The fourth-order valence-corrected chi connectivity index (χ4v) is 3.08. The van der Waals surface area contributed by atoms with E-state index in [1.54, 1.807) is 27.7 Å². The topological polar surface area (TPSA) is 195 Å². The van der Waals surface area contributed by atoms with Crippen LogP contribution in [0.2, 0.25) is 0 Å². The van der Waals surface area contributed by atoms with Crippen molar-refractivity contribution in [1.82, 2.24) is 0 Å². The highest BCUT2D eigenvalue weighted by molar-refractivity contribution is 5.96. The second-order valence-corrected chi connectivity index (χ2v) is 8.54. The van der Waals surface area contributed by atoms with Crippen molar-refractivity contribution in [3.05, 3.63) is 47.5 Å². The molecule has 0 radical (unpaired) electrons. The lowest BCUT2D eigenvalue weighted by Crippen LogP contribution is -2.17. The van der Waals surface area contributed by atoms with Gasteiger partial charge in [0.2, 0.25) is 27.2 Å². The van der Waals surface area contributed by atoms with Crippen molar-refractivity contribution in [2.24, 2.45) is 0 Å². The summed E-state index contributed by atoms with van der Waals surface area (Å²) in [6.45, 7) is 4.00. The molecule has 0 aliphatic heterocycles. The molecule has 0 heterocycles. The van der Waals surface area contributed by atoms with E-state index in [-0.39, 0.29) is 59.8 Å². The van der Waals surface area contributed by atoms with Gasteiger partial charge in [0.15, 0.2) is 23.0 Å². The van der Waals surface area contributed by atoms with Crippen LogP contribution in [-0.4, -0.2) is 63.0 Å². The van der Waals surface area contributed by atoms with Gasteiger partial charge in [-0.1, -0.05) is 39.8 Å². The van der Waals surface area contributed by atoms with Crippen molar-refractivity contribution in [1.29, 1.82) is 0 Å². The summed E-state index contributed by atoms with van der Waals surface area (Å²) in [4.78, 5) is 81.6. The lowest BCUT2D eigenvalue weighted by molar-refractivity contribution is -0.188. The summed E-state index contributed by atoms with van der Waals surface area (Å²) in [6.07, 6.45) is 0.301. The molecule has 0 unspecified atom stereocenters. The Balaban J connectivity index is 2.26. The first-order chi connectivity index (χ1) is 22.1. The molecule has 0 fully saturated rings. The lowest BCUT2D eigenvalue weighted by Gasteiger charge is -2.16. The van der Waals surface area contributed by atoms with Gasteiger partial charge in [-0.15, -0.1) is 0 Å². The summed E-state index contributed by atoms with van der Waals surface area (Å²) >= 11 is 0. The van der Waals surface area contributed by atoms with Gasteiger partial charge in [-0.05, 0) is 24.3 Å². The zero-order valence-corrected chi connectivity index (χ0v) is 25.7. The average molecular weight is 651 g/mol. The van der Waals surface area contributed by atoms with E-state index < -0.39 is 63.0 Å². The number of esters is 4. The zero-order chi connectivity index (χ0) is 33.9. The molecule has 0 saturated heterocycles. The van der Waals surface area contributed by atoms with Crippen LogP contribution in [0.4, 0.5) is 0 Å². The average Bonchev–Trinajstić information content (AvgIpc) is 3.07. The second-order valence-electron chi connectivity index (χ2n) is 8.54. The minimum absolute atomic E-state index is 0.0577. The quantitative estimate of drug-likeness (QED) is 0.0743. The molecular formula is C30H34O16. The van der Waals surface area contributed by atoms with Crippen molar-refractivity contribution in [2.45, 2.75) is 53.4 Å². The molecule has 250 valence electrons. The van der Waals surface area contributed by atoms with Gasteiger partial charge in [0.05, 0.1) is 0 Å². The summed E-state index contributed by atoms with van der Waals surface area (Å²) in [7, 11) is 0. The van der Waals surface area contributed by atoms with Crippen LogP contribution in [-0.2, 0) is 47.9 Å². The SMILES string of the molecule is CCC(=O)OCOc1cccc(C(=O)OOC(=O)c2cccc(OCOC(=O)CC)c2OCOC(=O)CC)c1OCOC(=O)CC. The fourth-order valence-electron chi connectivity index (χ4n) is 3.08. The van der Waals surface area contributed by atoms with E-state index in [2.05, 4.69) is 0 Å². The minimum atomic E-state index is -1.24. The molecule has 16 heteroatoms. The van der Waals surface area contributed by atoms with E-state index in [0.717, 1.165) is 0 Å². The molecule has 0 aliphatic rings. The van der Waals surface area contributed by atoms with Gasteiger partial charge >= 0.3 is 35.8 Å². The standard InChI is InChI=1S/C30H34O16/c1-5-23(31)39-15-37-21-13-9-11-19(27(21)43-17-41-25(33)7-3)29(35)45-46-30(36)20-12-10-14-22(38-16-40-24(32)6-2)28(20)44-18-42-26(34)8-4/h9-14H,5-8,15-18H2,1-4H3. The Kier molecular flexibility index (Phi) is 15.7. The van der Waals surface area contributed by atoms with Crippen LogP contribution in [0.3, 0.4) is 0 Å².